The molecule has 2 rings (SSSR count). The van der Waals surface area contributed by atoms with Crippen LogP contribution < -0.4 is 5.32 Å². The van der Waals surface area contributed by atoms with Gasteiger partial charge in [0.1, 0.15) is 0 Å². The van der Waals surface area contributed by atoms with Gasteiger partial charge in [0.15, 0.2) is 0 Å². The summed E-state index contributed by atoms with van der Waals surface area (Å²) in [6.45, 7) is 9.24. The summed E-state index contributed by atoms with van der Waals surface area (Å²) in [6, 6.07) is 8.53. The second kappa shape index (κ2) is 7.60. The largest absolute Gasteiger partial charge is 0.338 e. The molecule has 1 amide bonds. The minimum atomic E-state index is 0.210. The molecule has 1 N–H and O–H groups in total. The standard InChI is InChI=1S/C18H28N2O/c1-4-16-9-5-6-10-17(16)18(21)20-11-7-8-15(13-20)12-19-14(2)3/h5-6,9-10,14-15,19H,4,7-8,11-13H2,1-3H3. The molecule has 0 bridgehead atoms. The first-order valence-electron chi connectivity index (χ1n) is 8.22. The number of carbonyl (C=O) groups is 1. The van der Waals surface area contributed by atoms with Gasteiger partial charge in [0.2, 0.25) is 0 Å². The zero-order valence-corrected chi connectivity index (χ0v) is 13.6. The highest BCUT2D eigenvalue weighted by Gasteiger charge is 2.25. The summed E-state index contributed by atoms with van der Waals surface area (Å²) in [5, 5.41) is 3.50. The van der Waals surface area contributed by atoms with Crippen LogP contribution in [-0.2, 0) is 6.42 Å². The number of piperidine rings is 1. The molecule has 0 radical (unpaired) electrons. The lowest BCUT2D eigenvalue weighted by Gasteiger charge is -2.33. The maximum Gasteiger partial charge on any atom is 0.254 e. The van der Waals surface area contributed by atoms with Gasteiger partial charge in [-0.15, -0.1) is 0 Å². The van der Waals surface area contributed by atoms with Gasteiger partial charge >= 0.3 is 0 Å². The average Bonchev–Trinajstić information content (AvgIpc) is 2.52. The second-order valence-corrected chi connectivity index (χ2v) is 6.33. The summed E-state index contributed by atoms with van der Waals surface area (Å²) >= 11 is 0. The van der Waals surface area contributed by atoms with Crippen molar-refractivity contribution in [2.24, 2.45) is 5.92 Å². The van der Waals surface area contributed by atoms with E-state index in [-0.39, 0.29) is 5.91 Å². The Hall–Kier alpha value is -1.35. The third-order valence-electron chi connectivity index (χ3n) is 4.25. The van der Waals surface area contributed by atoms with E-state index in [1.165, 1.54) is 6.42 Å². The van der Waals surface area contributed by atoms with Gasteiger partial charge in [0, 0.05) is 24.7 Å². The summed E-state index contributed by atoms with van der Waals surface area (Å²) in [6.07, 6.45) is 3.25. The fourth-order valence-electron chi connectivity index (χ4n) is 3.03. The van der Waals surface area contributed by atoms with E-state index in [4.69, 9.17) is 0 Å². The highest BCUT2D eigenvalue weighted by molar-refractivity contribution is 5.95. The van der Waals surface area contributed by atoms with Gasteiger partial charge in [-0.3, -0.25) is 4.79 Å². The molecule has 116 valence electrons. The number of amides is 1. The first kappa shape index (κ1) is 16.0. The van der Waals surface area contributed by atoms with Crippen LogP contribution in [0.15, 0.2) is 24.3 Å². The summed E-state index contributed by atoms with van der Waals surface area (Å²) in [4.78, 5) is 14.8. The summed E-state index contributed by atoms with van der Waals surface area (Å²) in [5.74, 6) is 0.792. The normalized spacial score (nSPS) is 19.0. The number of aryl methyl sites for hydroxylation is 1. The second-order valence-electron chi connectivity index (χ2n) is 6.33. The summed E-state index contributed by atoms with van der Waals surface area (Å²) in [7, 11) is 0. The van der Waals surface area contributed by atoms with E-state index in [0.717, 1.165) is 43.6 Å². The Labute approximate surface area is 128 Å². The van der Waals surface area contributed by atoms with Crippen molar-refractivity contribution in [1.29, 1.82) is 0 Å². The Balaban J connectivity index is 2.01. The number of nitrogens with zero attached hydrogens (tertiary/aromatic N) is 1. The van der Waals surface area contributed by atoms with Crippen LogP contribution in [0.25, 0.3) is 0 Å². The quantitative estimate of drug-likeness (QED) is 0.903. The van der Waals surface area contributed by atoms with Crippen LogP contribution in [-0.4, -0.2) is 36.5 Å². The SMILES string of the molecule is CCc1ccccc1C(=O)N1CCCC(CNC(C)C)C1. The molecule has 1 aromatic carbocycles. The number of carbonyl (C=O) groups excluding carboxylic acids is 1. The molecular formula is C18H28N2O. The lowest BCUT2D eigenvalue weighted by molar-refractivity contribution is 0.0671. The maximum absolute atomic E-state index is 12.8. The minimum absolute atomic E-state index is 0.210. The molecule has 0 spiro atoms. The maximum atomic E-state index is 12.8. The van der Waals surface area contributed by atoms with E-state index in [2.05, 4.69) is 32.2 Å². The summed E-state index contributed by atoms with van der Waals surface area (Å²) < 4.78 is 0. The number of nitrogens with one attached hydrogen (secondary N) is 1. The van der Waals surface area contributed by atoms with E-state index in [1.54, 1.807) is 0 Å². The van der Waals surface area contributed by atoms with Crippen LogP contribution in [0.2, 0.25) is 0 Å². The molecule has 1 aliphatic heterocycles. The highest BCUT2D eigenvalue weighted by atomic mass is 16.2. The van der Waals surface area contributed by atoms with Crippen LogP contribution in [0.3, 0.4) is 0 Å². The van der Waals surface area contributed by atoms with Crippen molar-refractivity contribution >= 4 is 5.91 Å². The summed E-state index contributed by atoms with van der Waals surface area (Å²) in [5.41, 5.74) is 2.04. The van der Waals surface area contributed by atoms with Gasteiger partial charge < -0.3 is 10.2 Å². The first-order valence-corrected chi connectivity index (χ1v) is 8.22. The zero-order chi connectivity index (χ0) is 15.2. The van der Waals surface area contributed by atoms with E-state index in [1.807, 2.05) is 23.1 Å². The Morgan fingerprint density at radius 2 is 2.14 bits per heavy atom. The van der Waals surface area contributed by atoms with Gasteiger partial charge in [-0.05, 0) is 43.4 Å². The zero-order valence-electron chi connectivity index (χ0n) is 13.6. The van der Waals surface area contributed by atoms with Crippen LogP contribution in [0.5, 0.6) is 0 Å². The van der Waals surface area contributed by atoms with Crippen LogP contribution >= 0.6 is 0 Å². The van der Waals surface area contributed by atoms with E-state index >= 15 is 0 Å². The van der Waals surface area contributed by atoms with Crippen molar-refractivity contribution in [2.75, 3.05) is 19.6 Å². The molecule has 1 heterocycles. The third-order valence-corrected chi connectivity index (χ3v) is 4.25. The van der Waals surface area contributed by atoms with Crippen molar-refractivity contribution in [3.8, 4) is 0 Å². The predicted octanol–water partition coefficient (Wildman–Crippen LogP) is 3.10. The van der Waals surface area contributed by atoms with Crippen LogP contribution in [0.1, 0.15) is 49.5 Å². The molecule has 3 nitrogen and oxygen atoms in total. The molecule has 3 heteroatoms. The van der Waals surface area contributed by atoms with Gasteiger partial charge in [-0.1, -0.05) is 39.0 Å². The Morgan fingerprint density at radius 3 is 2.86 bits per heavy atom. The Morgan fingerprint density at radius 1 is 1.38 bits per heavy atom. The van der Waals surface area contributed by atoms with Gasteiger partial charge in [0.25, 0.3) is 5.91 Å². The topological polar surface area (TPSA) is 32.3 Å². The molecule has 21 heavy (non-hydrogen) atoms. The van der Waals surface area contributed by atoms with E-state index in [0.29, 0.717) is 12.0 Å². The molecule has 0 saturated carbocycles. The molecular weight excluding hydrogens is 260 g/mol. The van der Waals surface area contributed by atoms with Crippen LogP contribution in [0.4, 0.5) is 0 Å². The molecule has 0 aromatic heterocycles. The lowest BCUT2D eigenvalue weighted by atomic mass is 9.96. The van der Waals surface area contributed by atoms with Gasteiger partial charge in [-0.25, -0.2) is 0 Å². The van der Waals surface area contributed by atoms with Gasteiger partial charge in [0.05, 0.1) is 0 Å². The molecule has 0 aliphatic carbocycles. The number of rotatable bonds is 5. The van der Waals surface area contributed by atoms with Crippen molar-refractivity contribution in [1.82, 2.24) is 10.2 Å². The monoisotopic (exact) mass is 288 g/mol. The van der Waals surface area contributed by atoms with Crippen molar-refractivity contribution < 1.29 is 4.79 Å². The average molecular weight is 288 g/mol. The number of hydrogen-bond acceptors (Lipinski definition) is 2. The van der Waals surface area contributed by atoms with Crippen molar-refractivity contribution in [2.45, 2.75) is 46.1 Å². The van der Waals surface area contributed by atoms with E-state index in [9.17, 15) is 4.79 Å². The van der Waals surface area contributed by atoms with E-state index < -0.39 is 0 Å². The van der Waals surface area contributed by atoms with Crippen LogP contribution in [0, 0.1) is 5.92 Å². The highest BCUT2D eigenvalue weighted by Crippen LogP contribution is 2.20. The predicted molar refractivity (Wildman–Crippen MR) is 87.6 cm³/mol. The lowest BCUT2D eigenvalue weighted by Crippen LogP contribution is -2.44. The Bertz CT molecular complexity index is 470. The minimum Gasteiger partial charge on any atom is -0.338 e. The number of benzene rings is 1. The van der Waals surface area contributed by atoms with Crippen molar-refractivity contribution in [3.05, 3.63) is 35.4 Å². The fourth-order valence-corrected chi connectivity index (χ4v) is 3.03. The molecule has 1 saturated heterocycles. The molecule has 1 aromatic rings. The third kappa shape index (κ3) is 4.31. The molecule has 1 atom stereocenters. The first-order chi connectivity index (χ1) is 10.1. The van der Waals surface area contributed by atoms with Gasteiger partial charge in [-0.2, -0.15) is 0 Å². The number of hydrogen-bond donors (Lipinski definition) is 1. The Kier molecular flexibility index (Phi) is 5.80. The van der Waals surface area contributed by atoms with Crippen molar-refractivity contribution in [3.63, 3.8) is 0 Å². The molecule has 1 unspecified atom stereocenters. The fraction of sp³-hybridized carbons (Fsp3) is 0.611. The number of likely N-dealkylation sites (tertiary alicyclic amines) is 1. The molecule has 1 fully saturated rings. The molecule has 1 aliphatic rings. The smallest absolute Gasteiger partial charge is 0.254 e.